The van der Waals surface area contributed by atoms with Gasteiger partial charge in [0.25, 0.3) is 0 Å². The number of rotatable bonds is 4. The Morgan fingerprint density at radius 3 is 2.67 bits per heavy atom. The van der Waals surface area contributed by atoms with Gasteiger partial charge in [-0.15, -0.1) is 0 Å². The molecule has 0 fully saturated rings. The van der Waals surface area contributed by atoms with E-state index in [1.165, 1.54) is 6.92 Å². The second-order valence-corrected chi connectivity index (χ2v) is 4.85. The first-order valence-corrected chi connectivity index (χ1v) is 6.66. The SMILES string of the molecule is CC(=O)COc1ccc2c(-c3ccccc3)nn(C)c2n1. The number of ketones is 1. The summed E-state index contributed by atoms with van der Waals surface area (Å²) < 4.78 is 7.06. The molecule has 5 nitrogen and oxygen atoms in total. The lowest BCUT2D eigenvalue weighted by Crippen LogP contribution is -2.07. The average molecular weight is 281 g/mol. The summed E-state index contributed by atoms with van der Waals surface area (Å²) in [4.78, 5) is 15.4. The van der Waals surface area contributed by atoms with E-state index in [9.17, 15) is 4.79 Å². The van der Waals surface area contributed by atoms with Crippen LogP contribution in [0.2, 0.25) is 0 Å². The van der Waals surface area contributed by atoms with E-state index in [0.29, 0.717) is 5.88 Å². The van der Waals surface area contributed by atoms with Gasteiger partial charge in [-0.25, -0.2) is 4.68 Å². The van der Waals surface area contributed by atoms with E-state index in [1.807, 2.05) is 43.4 Å². The molecule has 3 rings (SSSR count). The van der Waals surface area contributed by atoms with Crippen LogP contribution in [0.15, 0.2) is 42.5 Å². The molecule has 3 aromatic rings. The van der Waals surface area contributed by atoms with Crippen LogP contribution in [0.4, 0.5) is 0 Å². The number of fused-ring (bicyclic) bond motifs is 1. The molecule has 0 spiro atoms. The monoisotopic (exact) mass is 281 g/mol. The molecule has 0 N–H and O–H groups in total. The quantitative estimate of drug-likeness (QED) is 0.737. The predicted molar refractivity (Wildman–Crippen MR) is 80.1 cm³/mol. The maximum absolute atomic E-state index is 11.0. The molecule has 0 aliphatic heterocycles. The van der Waals surface area contributed by atoms with Crippen molar-refractivity contribution in [2.45, 2.75) is 6.92 Å². The minimum absolute atomic E-state index is 0.0297. The highest BCUT2D eigenvalue weighted by Gasteiger charge is 2.12. The van der Waals surface area contributed by atoms with Crippen LogP contribution >= 0.6 is 0 Å². The van der Waals surface area contributed by atoms with Crippen LogP contribution in [0.3, 0.4) is 0 Å². The number of nitrogens with zero attached hydrogens (tertiary/aromatic N) is 3. The van der Waals surface area contributed by atoms with E-state index >= 15 is 0 Å². The molecule has 2 heterocycles. The van der Waals surface area contributed by atoms with Gasteiger partial charge in [-0.05, 0) is 13.0 Å². The van der Waals surface area contributed by atoms with Gasteiger partial charge in [0, 0.05) is 24.1 Å². The summed E-state index contributed by atoms with van der Waals surface area (Å²) in [5.41, 5.74) is 2.66. The average Bonchev–Trinajstić information content (AvgIpc) is 2.83. The number of Topliss-reactive ketones (excluding diaryl/α,β-unsaturated/α-hetero) is 1. The molecule has 0 aliphatic carbocycles. The molecule has 0 bridgehead atoms. The Hall–Kier alpha value is -2.69. The van der Waals surface area contributed by atoms with Gasteiger partial charge in [0.05, 0.1) is 0 Å². The molecule has 106 valence electrons. The topological polar surface area (TPSA) is 57.0 Å². The second-order valence-electron chi connectivity index (χ2n) is 4.85. The van der Waals surface area contributed by atoms with Crippen LogP contribution in [0, 0.1) is 0 Å². The predicted octanol–water partition coefficient (Wildman–Crippen LogP) is 2.60. The van der Waals surface area contributed by atoms with Crippen LogP contribution in [0.5, 0.6) is 5.88 Å². The van der Waals surface area contributed by atoms with Crippen molar-refractivity contribution in [2.75, 3.05) is 6.61 Å². The fourth-order valence-electron chi connectivity index (χ4n) is 2.18. The number of ether oxygens (including phenoxy) is 1. The molecule has 0 radical (unpaired) electrons. The number of carbonyl (C=O) groups is 1. The molecular formula is C16H15N3O2. The maximum atomic E-state index is 11.0. The largest absolute Gasteiger partial charge is 0.470 e. The number of aromatic nitrogens is 3. The summed E-state index contributed by atoms with van der Waals surface area (Å²) >= 11 is 0. The first-order chi connectivity index (χ1) is 10.1. The zero-order chi connectivity index (χ0) is 14.8. The first-order valence-electron chi connectivity index (χ1n) is 6.66. The zero-order valence-electron chi connectivity index (χ0n) is 11.9. The van der Waals surface area contributed by atoms with Gasteiger partial charge in [-0.2, -0.15) is 10.1 Å². The number of aryl methyl sites for hydroxylation is 1. The standard InChI is InChI=1S/C16H15N3O2/c1-11(20)10-21-14-9-8-13-15(12-6-4-3-5-7-12)18-19(2)16(13)17-14/h3-9H,10H2,1-2H3. The number of hydrogen-bond donors (Lipinski definition) is 0. The lowest BCUT2D eigenvalue weighted by Gasteiger charge is -2.03. The molecule has 0 saturated carbocycles. The summed E-state index contributed by atoms with van der Waals surface area (Å²) in [7, 11) is 1.84. The summed E-state index contributed by atoms with van der Waals surface area (Å²) in [5.74, 6) is 0.396. The summed E-state index contributed by atoms with van der Waals surface area (Å²) in [5, 5.41) is 5.49. The van der Waals surface area contributed by atoms with Gasteiger partial charge in [0.1, 0.15) is 12.3 Å². The van der Waals surface area contributed by atoms with Gasteiger partial charge >= 0.3 is 0 Å². The zero-order valence-corrected chi connectivity index (χ0v) is 11.9. The van der Waals surface area contributed by atoms with E-state index in [1.54, 1.807) is 10.7 Å². The molecule has 21 heavy (non-hydrogen) atoms. The minimum Gasteiger partial charge on any atom is -0.470 e. The van der Waals surface area contributed by atoms with Gasteiger partial charge in [0.2, 0.25) is 5.88 Å². The van der Waals surface area contributed by atoms with Gasteiger partial charge < -0.3 is 4.74 Å². The summed E-state index contributed by atoms with van der Waals surface area (Å²) in [6.07, 6.45) is 0. The first kappa shape index (κ1) is 13.3. The third-order valence-electron chi connectivity index (χ3n) is 3.13. The molecule has 1 aromatic carbocycles. The van der Waals surface area contributed by atoms with Crippen molar-refractivity contribution in [3.05, 3.63) is 42.5 Å². The molecule has 0 unspecified atom stereocenters. The molecule has 0 atom stereocenters. The minimum atomic E-state index is -0.0353. The molecular weight excluding hydrogens is 266 g/mol. The second kappa shape index (κ2) is 5.36. The van der Waals surface area contributed by atoms with E-state index in [0.717, 1.165) is 22.3 Å². The molecule has 0 saturated heterocycles. The third kappa shape index (κ3) is 2.63. The van der Waals surface area contributed by atoms with Crippen molar-refractivity contribution in [3.63, 3.8) is 0 Å². The lowest BCUT2D eigenvalue weighted by atomic mass is 10.1. The molecule has 2 aromatic heterocycles. The summed E-state index contributed by atoms with van der Waals surface area (Å²) in [6, 6.07) is 13.7. The van der Waals surface area contributed by atoms with E-state index in [-0.39, 0.29) is 12.4 Å². The molecule has 0 aliphatic rings. The van der Waals surface area contributed by atoms with E-state index in [4.69, 9.17) is 4.74 Å². The smallest absolute Gasteiger partial charge is 0.215 e. The Bertz CT molecular complexity index is 794. The highest BCUT2D eigenvalue weighted by atomic mass is 16.5. The fourth-order valence-corrected chi connectivity index (χ4v) is 2.18. The maximum Gasteiger partial charge on any atom is 0.215 e. The Morgan fingerprint density at radius 1 is 1.19 bits per heavy atom. The van der Waals surface area contributed by atoms with Crippen LogP contribution in [-0.4, -0.2) is 27.2 Å². The van der Waals surface area contributed by atoms with Crippen molar-refractivity contribution in [2.24, 2.45) is 7.05 Å². The van der Waals surface area contributed by atoms with Crippen LogP contribution in [-0.2, 0) is 11.8 Å². The van der Waals surface area contributed by atoms with Crippen molar-refractivity contribution < 1.29 is 9.53 Å². The normalized spacial score (nSPS) is 10.8. The molecule has 0 amide bonds. The van der Waals surface area contributed by atoms with Crippen LogP contribution in [0.1, 0.15) is 6.92 Å². The Labute approximate surface area is 122 Å². The Morgan fingerprint density at radius 2 is 1.95 bits per heavy atom. The van der Waals surface area contributed by atoms with Crippen molar-refractivity contribution in [1.82, 2.24) is 14.8 Å². The van der Waals surface area contributed by atoms with E-state index in [2.05, 4.69) is 10.1 Å². The third-order valence-corrected chi connectivity index (χ3v) is 3.13. The number of benzene rings is 1. The van der Waals surface area contributed by atoms with Gasteiger partial charge in [-0.3, -0.25) is 4.79 Å². The van der Waals surface area contributed by atoms with Gasteiger partial charge in [-0.1, -0.05) is 30.3 Å². The Balaban J connectivity index is 2.04. The summed E-state index contributed by atoms with van der Waals surface area (Å²) in [6.45, 7) is 1.51. The number of carbonyl (C=O) groups excluding carboxylic acids is 1. The van der Waals surface area contributed by atoms with Crippen molar-refractivity contribution in [1.29, 1.82) is 0 Å². The highest BCUT2D eigenvalue weighted by molar-refractivity contribution is 5.91. The van der Waals surface area contributed by atoms with Crippen LogP contribution in [0.25, 0.3) is 22.3 Å². The number of hydrogen-bond acceptors (Lipinski definition) is 4. The van der Waals surface area contributed by atoms with Gasteiger partial charge in [0.15, 0.2) is 11.4 Å². The van der Waals surface area contributed by atoms with Crippen LogP contribution < -0.4 is 4.74 Å². The van der Waals surface area contributed by atoms with Crippen molar-refractivity contribution >= 4 is 16.8 Å². The fraction of sp³-hybridized carbons (Fsp3) is 0.188. The number of pyridine rings is 1. The highest BCUT2D eigenvalue weighted by Crippen LogP contribution is 2.27. The Kier molecular flexibility index (Phi) is 3.39. The lowest BCUT2D eigenvalue weighted by molar-refractivity contribution is -0.119. The van der Waals surface area contributed by atoms with Crippen molar-refractivity contribution in [3.8, 4) is 17.1 Å². The molecule has 5 heteroatoms. The van der Waals surface area contributed by atoms with E-state index < -0.39 is 0 Å².